The van der Waals surface area contributed by atoms with Crippen molar-refractivity contribution in [1.29, 1.82) is 0 Å². The molecule has 2 rings (SSSR count). The van der Waals surface area contributed by atoms with Crippen molar-refractivity contribution >= 4 is 11.7 Å². The molecule has 0 radical (unpaired) electrons. The second-order valence-corrected chi connectivity index (χ2v) is 4.12. The summed E-state index contributed by atoms with van der Waals surface area (Å²) < 4.78 is 10.4. The molecule has 0 saturated carbocycles. The van der Waals surface area contributed by atoms with Crippen LogP contribution in [0.2, 0.25) is 0 Å². The van der Waals surface area contributed by atoms with Gasteiger partial charge in [0.25, 0.3) is 5.91 Å². The summed E-state index contributed by atoms with van der Waals surface area (Å²) in [5, 5.41) is 9.48. The number of aromatic amines is 1. The van der Waals surface area contributed by atoms with Crippen molar-refractivity contribution < 1.29 is 14.3 Å². The van der Waals surface area contributed by atoms with Crippen molar-refractivity contribution in [1.82, 2.24) is 10.2 Å². The molecule has 1 amide bonds. The minimum absolute atomic E-state index is 0.307. The van der Waals surface area contributed by atoms with Crippen LogP contribution in [0.25, 0.3) is 0 Å². The average Bonchev–Trinajstić information content (AvgIpc) is 2.93. The monoisotopic (exact) mass is 275 g/mol. The molecule has 0 unspecified atom stereocenters. The van der Waals surface area contributed by atoms with Gasteiger partial charge in [-0.2, -0.15) is 5.10 Å². The third kappa shape index (κ3) is 2.59. The summed E-state index contributed by atoms with van der Waals surface area (Å²) in [5.74, 6) is 1.20. The van der Waals surface area contributed by atoms with Gasteiger partial charge in [-0.1, -0.05) is 13.0 Å². The van der Waals surface area contributed by atoms with Crippen LogP contribution in [0.5, 0.6) is 11.5 Å². The Kier molecular flexibility index (Phi) is 4.24. The molecular formula is C14H17N3O3. The summed E-state index contributed by atoms with van der Waals surface area (Å²) in [5.41, 5.74) is 1.29. The number of nitrogens with zero attached hydrogens (tertiary/aromatic N) is 1. The highest BCUT2D eigenvalue weighted by Gasteiger charge is 2.19. The number of benzene rings is 1. The standard InChI is InChI=1S/C14H17N3O3/c1-4-9-8-15-17-13(9)16-14(18)12-10(19-2)6-5-7-11(12)20-3/h5-8H,4H2,1-3H3,(H2,15,16,17,18). The second-order valence-electron chi connectivity index (χ2n) is 4.12. The van der Waals surface area contributed by atoms with Gasteiger partial charge in [-0.3, -0.25) is 9.89 Å². The Balaban J connectivity index is 2.34. The number of carbonyl (C=O) groups excluding carboxylic acids is 1. The number of anilines is 1. The molecule has 6 nitrogen and oxygen atoms in total. The lowest BCUT2D eigenvalue weighted by molar-refractivity contribution is 0.102. The lowest BCUT2D eigenvalue weighted by Crippen LogP contribution is -2.15. The Labute approximate surface area is 117 Å². The summed E-state index contributed by atoms with van der Waals surface area (Å²) in [4.78, 5) is 12.4. The van der Waals surface area contributed by atoms with Crippen molar-refractivity contribution in [2.75, 3.05) is 19.5 Å². The molecule has 2 aromatic rings. The van der Waals surface area contributed by atoms with E-state index < -0.39 is 0 Å². The molecule has 6 heteroatoms. The van der Waals surface area contributed by atoms with Gasteiger partial charge >= 0.3 is 0 Å². The van der Waals surface area contributed by atoms with E-state index in [0.717, 1.165) is 12.0 Å². The highest BCUT2D eigenvalue weighted by molar-refractivity contribution is 6.08. The van der Waals surface area contributed by atoms with Gasteiger partial charge in [0, 0.05) is 5.56 Å². The number of ether oxygens (including phenoxy) is 2. The summed E-state index contributed by atoms with van der Waals surface area (Å²) in [7, 11) is 3.03. The van der Waals surface area contributed by atoms with Crippen LogP contribution in [0.4, 0.5) is 5.82 Å². The lowest BCUT2D eigenvalue weighted by Gasteiger charge is -2.12. The summed E-state index contributed by atoms with van der Waals surface area (Å²) in [6.45, 7) is 1.99. The minimum Gasteiger partial charge on any atom is -0.496 e. The van der Waals surface area contributed by atoms with Crippen LogP contribution in [-0.2, 0) is 6.42 Å². The molecule has 1 aromatic carbocycles. The van der Waals surface area contributed by atoms with Gasteiger partial charge in [-0.25, -0.2) is 0 Å². The number of amides is 1. The molecule has 0 saturated heterocycles. The first-order chi connectivity index (χ1) is 9.71. The smallest absolute Gasteiger partial charge is 0.264 e. The number of hydrogen-bond donors (Lipinski definition) is 2. The van der Waals surface area contributed by atoms with Gasteiger partial charge in [0.05, 0.1) is 20.4 Å². The molecule has 0 fully saturated rings. The Morgan fingerprint density at radius 2 is 1.95 bits per heavy atom. The molecular weight excluding hydrogens is 258 g/mol. The molecule has 0 aliphatic rings. The van der Waals surface area contributed by atoms with Gasteiger partial charge in [-0.15, -0.1) is 0 Å². The minimum atomic E-state index is -0.307. The normalized spacial score (nSPS) is 10.2. The zero-order valence-electron chi connectivity index (χ0n) is 11.7. The van der Waals surface area contributed by atoms with Gasteiger partial charge in [0.1, 0.15) is 22.9 Å². The van der Waals surface area contributed by atoms with Crippen molar-refractivity contribution in [3.8, 4) is 11.5 Å². The van der Waals surface area contributed by atoms with Gasteiger partial charge in [0.2, 0.25) is 0 Å². The first-order valence-corrected chi connectivity index (χ1v) is 6.25. The van der Waals surface area contributed by atoms with E-state index in [1.807, 2.05) is 6.92 Å². The van der Waals surface area contributed by atoms with E-state index >= 15 is 0 Å². The molecule has 0 aliphatic heterocycles. The predicted molar refractivity (Wildman–Crippen MR) is 75.5 cm³/mol. The number of H-pyrrole nitrogens is 1. The van der Waals surface area contributed by atoms with Crippen molar-refractivity contribution in [2.45, 2.75) is 13.3 Å². The SMILES string of the molecule is CCc1cn[nH]c1NC(=O)c1c(OC)cccc1OC. The fraction of sp³-hybridized carbons (Fsp3) is 0.286. The first-order valence-electron chi connectivity index (χ1n) is 6.25. The van der Waals surface area contributed by atoms with E-state index in [9.17, 15) is 4.79 Å². The number of nitrogens with one attached hydrogen (secondary N) is 2. The molecule has 0 aliphatic carbocycles. The van der Waals surface area contributed by atoms with Crippen molar-refractivity contribution in [3.63, 3.8) is 0 Å². The fourth-order valence-electron chi connectivity index (χ4n) is 1.94. The maximum atomic E-state index is 12.4. The molecule has 2 N–H and O–H groups in total. The van der Waals surface area contributed by atoms with Gasteiger partial charge < -0.3 is 14.8 Å². The predicted octanol–water partition coefficient (Wildman–Crippen LogP) is 2.24. The largest absolute Gasteiger partial charge is 0.496 e. The number of carbonyl (C=O) groups is 1. The summed E-state index contributed by atoms with van der Waals surface area (Å²) in [6.07, 6.45) is 2.46. The Hall–Kier alpha value is -2.50. The van der Waals surface area contributed by atoms with Crippen LogP contribution in [-0.4, -0.2) is 30.3 Å². The van der Waals surface area contributed by atoms with Crippen LogP contribution < -0.4 is 14.8 Å². The van der Waals surface area contributed by atoms with Gasteiger partial charge in [0.15, 0.2) is 0 Å². The average molecular weight is 275 g/mol. The lowest BCUT2D eigenvalue weighted by atomic mass is 10.1. The van der Waals surface area contributed by atoms with Crippen LogP contribution >= 0.6 is 0 Å². The molecule has 1 heterocycles. The molecule has 1 aromatic heterocycles. The molecule has 0 spiro atoms. The van der Waals surface area contributed by atoms with E-state index in [0.29, 0.717) is 22.9 Å². The third-order valence-corrected chi connectivity index (χ3v) is 2.99. The van der Waals surface area contributed by atoms with E-state index in [1.165, 1.54) is 14.2 Å². The number of aromatic nitrogens is 2. The van der Waals surface area contributed by atoms with Crippen LogP contribution in [0.1, 0.15) is 22.8 Å². The van der Waals surface area contributed by atoms with E-state index in [2.05, 4.69) is 15.5 Å². The zero-order valence-corrected chi connectivity index (χ0v) is 11.7. The zero-order chi connectivity index (χ0) is 14.5. The summed E-state index contributed by atoms with van der Waals surface area (Å²) >= 11 is 0. The highest BCUT2D eigenvalue weighted by Crippen LogP contribution is 2.29. The Morgan fingerprint density at radius 3 is 2.50 bits per heavy atom. The van der Waals surface area contributed by atoms with E-state index in [4.69, 9.17) is 9.47 Å². The molecule has 20 heavy (non-hydrogen) atoms. The molecule has 106 valence electrons. The summed E-state index contributed by atoms with van der Waals surface area (Å²) in [6, 6.07) is 5.19. The van der Waals surface area contributed by atoms with Crippen molar-refractivity contribution in [3.05, 3.63) is 35.5 Å². The highest BCUT2D eigenvalue weighted by atomic mass is 16.5. The van der Waals surface area contributed by atoms with Crippen LogP contribution in [0, 0.1) is 0 Å². The maximum absolute atomic E-state index is 12.4. The number of methoxy groups -OCH3 is 2. The van der Waals surface area contributed by atoms with Crippen LogP contribution in [0.3, 0.4) is 0 Å². The molecule has 0 atom stereocenters. The number of aryl methyl sites for hydroxylation is 1. The number of rotatable bonds is 5. The first kappa shape index (κ1) is 13.9. The Bertz CT molecular complexity index is 585. The van der Waals surface area contributed by atoms with Gasteiger partial charge in [-0.05, 0) is 18.6 Å². The second kappa shape index (κ2) is 6.10. The van der Waals surface area contributed by atoms with Crippen molar-refractivity contribution in [2.24, 2.45) is 0 Å². The van der Waals surface area contributed by atoms with E-state index in [-0.39, 0.29) is 5.91 Å². The molecule has 0 bridgehead atoms. The maximum Gasteiger partial charge on any atom is 0.264 e. The van der Waals surface area contributed by atoms with E-state index in [1.54, 1.807) is 24.4 Å². The van der Waals surface area contributed by atoms with Crippen LogP contribution in [0.15, 0.2) is 24.4 Å². The Morgan fingerprint density at radius 1 is 1.30 bits per heavy atom. The quantitative estimate of drug-likeness (QED) is 0.877. The number of hydrogen-bond acceptors (Lipinski definition) is 4. The fourth-order valence-corrected chi connectivity index (χ4v) is 1.94. The topological polar surface area (TPSA) is 76.2 Å². The third-order valence-electron chi connectivity index (χ3n) is 2.99.